The van der Waals surface area contributed by atoms with E-state index in [1.54, 1.807) is 0 Å². The van der Waals surface area contributed by atoms with Crippen LogP contribution in [0.2, 0.25) is 0 Å². The van der Waals surface area contributed by atoms with Crippen LogP contribution >= 0.6 is 0 Å². The lowest BCUT2D eigenvalue weighted by Gasteiger charge is -2.57. The molecule has 1 fully saturated rings. The highest BCUT2D eigenvalue weighted by Gasteiger charge is 2.56. The molecule has 3 atom stereocenters. The van der Waals surface area contributed by atoms with E-state index in [9.17, 15) is 10.2 Å². The van der Waals surface area contributed by atoms with Gasteiger partial charge in [-0.15, -0.1) is 0 Å². The van der Waals surface area contributed by atoms with E-state index in [0.717, 1.165) is 25.7 Å². The van der Waals surface area contributed by atoms with E-state index in [1.807, 2.05) is 6.92 Å². The quantitative estimate of drug-likeness (QED) is 0.633. The van der Waals surface area contributed by atoms with E-state index in [0.29, 0.717) is 19.3 Å². The first-order valence-electron chi connectivity index (χ1n) is 8.84. The van der Waals surface area contributed by atoms with Crippen molar-refractivity contribution < 1.29 is 10.2 Å². The van der Waals surface area contributed by atoms with Gasteiger partial charge in [0.05, 0.1) is 11.2 Å². The van der Waals surface area contributed by atoms with Crippen molar-refractivity contribution in [2.45, 2.75) is 90.8 Å². The van der Waals surface area contributed by atoms with Crippen LogP contribution in [0.25, 0.3) is 0 Å². The summed E-state index contributed by atoms with van der Waals surface area (Å²) in [5.74, 6) is 0.121. The third-order valence-corrected chi connectivity index (χ3v) is 6.51. The summed E-state index contributed by atoms with van der Waals surface area (Å²) in [6, 6.07) is 0. The molecular weight excluding hydrogens is 272 g/mol. The lowest BCUT2D eigenvalue weighted by Crippen LogP contribution is -2.60. The van der Waals surface area contributed by atoms with Crippen molar-refractivity contribution >= 4 is 0 Å². The van der Waals surface area contributed by atoms with Crippen molar-refractivity contribution in [2.24, 2.45) is 11.3 Å². The van der Waals surface area contributed by atoms with Gasteiger partial charge in [-0.05, 0) is 77.0 Å². The van der Waals surface area contributed by atoms with Crippen molar-refractivity contribution in [1.82, 2.24) is 0 Å². The fourth-order valence-corrected chi connectivity index (χ4v) is 4.56. The molecule has 0 aromatic carbocycles. The molecule has 0 heterocycles. The maximum absolute atomic E-state index is 11.4. The van der Waals surface area contributed by atoms with Gasteiger partial charge in [-0.3, -0.25) is 0 Å². The summed E-state index contributed by atoms with van der Waals surface area (Å²) in [4.78, 5) is 0. The van der Waals surface area contributed by atoms with Gasteiger partial charge < -0.3 is 10.2 Å². The number of allylic oxidation sites excluding steroid dienone is 3. The molecule has 2 aliphatic carbocycles. The van der Waals surface area contributed by atoms with Gasteiger partial charge in [0.25, 0.3) is 0 Å². The molecule has 0 aliphatic heterocycles. The smallest absolute Gasteiger partial charge is 0.0737 e. The maximum Gasteiger partial charge on any atom is 0.0737 e. The van der Waals surface area contributed by atoms with Crippen molar-refractivity contribution in [2.75, 3.05) is 0 Å². The van der Waals surface area contributed by atoms with Crippen LogP contribution in [0.5, 0.6) is 0 Å². The summed E-state index contributed by atoms with van der Waals surface area (Å²) in [7, 11) is 0. The van der Waals surface area contributed by atoms with Crippen LogP contribution < -0.4 is 0 Å². The van der Waals surface area contributed by atoms with Crippen molar-refractivity contribution in [3.05, 3.63) is 23.3 Å². The zero-order valence-corrected chi connectivity index (χ0v) is 15.1. The average Bonchev–Trinajstić information content (AvgIpc) is 2.40. The molecule has 2 nitrogen and oxygen atoms in total. The first-order chi connectivity index (χ1) is 10.1. The minimum atomic E-state index is -0.710. The second-order valence-electron chi connectivity index (χ2n) is 8.55. The molecule has 1 saturated carbocycles. The Bertz CT molecular complexity index is 470. The minimum Gasteiger partial charge on any atom is -0.390 e. The predicted octanol–water partition coefficient (Wildman–Crippen LogP) is 4.76. The number of hydrogen-bond donors (Lipinski definition) is 2. The topological polar surface area (TPSA) is 40.5 Å². The van der Waals surface area contributed by atoms with Crippen LogP contribution in [-0.2, 0) is 0 Å². The monoisotopic (exact) mass is 306 g/mol. The van der Waals surface area contributed by atoms with E-state index in [2.05, 4.69) is 39.8 Å². The SMILES string of the molecule is C/C1=C\C[C@@]2(O)CC[C@](C)(O)[C@@H](CC/C(C)=C/CC1)C2(C)C. The molecule has 0 unspecified atom stereocenters. The zero-order valence-electron chi connectivity index (χ0n) is 15.1. The van der Waals surface area contributed by atoms with Crippen LogP contribution in [0.4, 0.5) is 0 Å². The fraction of sp³-hybridized carbons (Fsp3) is 0.800. The molecule has 126 valence electrons. The Kier molecular flexibility index (Phi) is 4.94. The van der Waals surface area contributed by atoms with Crippen LogP contribution in [0.1, 0.15) is 79.6 Å². The molecule has 0 spiro atoms. The Hall–Kier alpha value is -0.600. The van der Waals surface area contributed by atoms with Crippen LogP contribution in [0.15, 0.2) is 23.3 Å². The molecule has 2 rings (SSSR count). The lowest BCUT2D eigenvalue weighted by molar-refractivity contribution is -0.197. The van der Waals surface area contributed by atoms with Gasteiger partial charge in [-0.2, -0.15) is 0 Å². The normalized spacial score (nSPS) is 44.8. The molecule has 0 radical (unpaired) electrons. The highest BCUT2D eigenvalue weighted by atomic mass is 16.3. The third kappa shape index (κ3) is 3.33. The van der Waals surface area contributed by atoms with E-state index in [4.69, 9.17) is 0 Å². The van der Waals surface area contributed by atoms with Gasteiger partial charge in [0.15, 0.2) is 0 Å². The maximum atomic E-state index is 11.4. The van der Waals surface area contributed by atoms with Crippen molar-refractivity contribution in [3.63, 3.8) is 0 Å². The van der Waals surface area contributed by atoms with Crippen LogP contribution in [-0.4, -0.2) is 21.4 Å². The molecular formula is C20H34O2. The molecule has 2 aliphatic rings. The summed E-state index contributed by atoms with van der Waals surface area (Å²) >= 11 is 0. The summed E-state index contributed by atoms with van der Waals surface area (Å²) in [6.45, 7) is 10.6. The predicted molar refractivity (Wildman–Crippen MR) is 92.7 cm³/mol. The molecule has 0 saturated heterocycles. The first kappa shape index (κ1) is 17.7. The number of aliphatic hydroxyl groups is 2. The first-order valence-corrected chi connectivity index (χ1v) is 8.84. The Balaban J connectivity index is 2.40. The average molecular weight is 306 g/mol. The van der Waals surface area contributed by atoms with Gasteiger partial charge in [0, 0.05) is 0 Å². The Morgan fingerprint density at radius 3 is 2.27 bits per heavy atom. The molecule has 22 heavy (non-hydrogen) atoms. The Morgan fingerprint density at radius 1 is 0.955 bits per heavy atom. The van der Waals surface area contributed by atoms with Gasteiger partial charge >= 0.3 is 0 Å². The van der Waals surface area contributed by atoms with Gasteiger partial charge in [0.1, 0.15) is 0 Å². The molecule has 2 bridgehead atoms. The summed E-state index contributed by atoms with van der Waals surface area (Å²) < 4.78 is 0. The van der Waals surface area contributed by atoms with Gasteiger partial charge in [-0.25, -0.2) is 0 Å². The highest BCUT2D eigenvalue weighted by molar-refractivity contribution is 5.14. The third-order valence-electron chi connectivity index (χ3n) is 6.51. The van der Waals surface area contributed by atoms with E-state index in [1.165, 1.54) is 11.1 Å². The second-order valence-corrected chi connectivity index (χ2v) is 8.55. The highest BCUT2D eigenvalue weighted by Crippen LogP contribution is 2.55. The zero-order chi connectivity index (χ0) is 16.6. The largest absolute Gasteiger partial charge is 0.390 e. The molecule has 0 aromatic rings. The summed E-state index contributed by atoms with van der Waals surface area (Å²) in [5, 5.41) is 22.3. The number of hydrogen-bond acceptors (Lipinski definition) is 2. The van der Waals surface area contributed by atoms with E-state index >= 15 is 0 Å². The van der Waals surface area contributed by atoms with Crippen molar-refractivity contribution in [1.29, 1.82) is 0 Å². The molecule has 2 heteroatoms. The van der Waals surface area contributed by atoms with Crippen molar-refractivity contribution in [3.8, 4) is 0 Å². The van der Waals surface area contributed by atoms with E-state index in [-0.39, 0.29) is 11.3 Å². The Morgan fingerprint density at radius 2 is 1.59 bits per heavy atom. The van der Waals surface area contributed by atoms with Crippen LogP contribution in [0.3, 0.4) is 0 Å². The molecule has 0 aromatic heterocycles. The fourth-order valence-electron chi connectivity index (χ4n) is 4.56. The molecule has 0 amide bonds. The Labute approximate surface area is 136 Å². The van der Waals surface area contributed by atoms with E-state index < -0.39 is 11.2 Å². The molecule has 2 N–H and O–H groups in total. The minimum absolute atomic E-state index is 0.121. The second kappa shape index (κ2) is 6.13. The van der Waals surface area contributed by atoms with Crippen LogP contribution in [0, 0.1) is 11.3 Å². The number of rotatable bonds is 0. The summed E-state index contributed by atoms with van der Waals surface area (Å²) in [6.07, 6.45) is 10.8. The lowest BCUT2D eigenvalue weighted by atomic mass is 9.52. The standard InChI is InChI=1S/C20H34O2/c1-15-7-6-8-16(2)11-12-20(22)14-13-19(5,21)17(10-9-15)18(20,3)4/h7,11,17,21-22H,6,8-10,12-14H2,1-5H3/b15-7+,16-11+/t17-,19-,20+/m0/s1. The van der Waals surface area contributed by atoms with Gasteiger partial charge in [0.2, 0.25) is 0 Å². The number of fused-ring (bicyclic) bond motifs is 2. The van der Waals surface area contributed by atoms with Gasteiger partial charge in [-0.1, -0.05) is 37.1 Å². The summed E-state index contributed by atoms with van der Waals surface area (Å²) in [5.41, 5.74) is 1.10.